The second kappa shape index (κ2) is 5.45. The zero-order chi connectivity index (χ0) is 11.4. The smallest absolute Gasteiger partial charge is 0.0593 e. The molecule has 0 aromatic carbocycles. The van der Waals surface area contributed by atoms with Gasteiger partial charge < -0.3 is 9.47 Å². The standard InChI is InChI=1S/C12H24N2O2/c1-3-16-7-5-14-10-12(11-14)8-13(9-12)4-6-15-2/h3-11H2,1-2H3. The van der Waals surface area contributed by atoms with Gasteiger partial charge in [-0.3, -0.25) is 9.80 Å². The molecule has 94 valence electrons. The number of likely N-dealkylation sites (tertiary alicyclic amines) is 2. The molecule has 2 aliphatic heterocycles. The van der Waals surface area contributed by atoms with Crippen molar-refractivity contribution in [2.24, 2.45) is 5.41 Å². The zero-order valence-electron chi connectivity index (χ0n) is 10.6. The highest BCUT2D eigenvalue weighted by molar-refractivity contribution is 5.05. The van der Waals surface area contributed by atoms with Crippen LogP contribution in [-0.4, -0.2) is 76.0 Å². The Balaban J connectivity index is 1.52. The molecule has 0 saturated carbocycles. The minimum atomic E-state index is 0.625. The summed E-state index contributed by atoms with van der Waals surface area (Å²) in [5.41, 5.74) is 0.625. The maximum Gasteiger partial charge on any atom is 0.0593 e. The van der Waals surface area contributed by atoms with Crippen LogP contribution in [-0.2, 0) is 9.47 Å². The van der Waals surface area contributed by atoms with Gasteiger partial charge in [-0.1, -0.05) is 0 Å². The van der Waals surface area contributed by atoms with E-state index in [1.54, 1.807) is 7.11 Å². The highest BCUT2D eigenvalue weighted by atomic mass is 16.5. The lowest BCUT2D eigenvalue weighted by Gasteiger charge is -2.60. The second-order valence-electron chi connectivity index (χ2n) is 5.11. The molecule has 0 amide bonds. The Labute approximate surface area is 98.5 Å². The van der Waals surface area contributed by atoms with Crippen molar-refractivity contribution in [2.45, 2.75) is 6.92 Å². The van der Waals surface area contributed by atoms with Crippen molar-refractivity contribution >= 4 is 0 Å². The molecule has 4 nitrogen and oxygen atoms in total. The van der Waals surface area contributed by atoms with Crippen molar-refractivity contribution in [1.29, 1.82) is 0 Å². The van der Waals surface area contributed by atoms with Crippen molar-refractivity contribution < 1.29 is 9.47 Å². The van der Waals surface area contributed by atoms with Crippen LogP contribution in [0.2, 0.25) is 0 Å². The Morgan fingerprint density at radius 2 is 1.56 bits per heavy atom. The van der Waals surface area contributed by atoms with Crippen LogP contribution in [0.5, 0.6) is 0 Å². The molecule has 16 heavy (non-hydrogen) atoms. The zero-order valence-corrected chi connectivity index (χ0v) is 10.6. The summed E-state index contributed by atoms with van der Waals surface area (Å²) >= 11 is 0. The van der Waals surface area contributed by atoms with E-state index < -0.39 is 0 Å². The average Bonchev–Trinajstić information content (AvgIpc) is 2.17. The molecule has 2 saturated heterocycles. The average molecular weight is 228 g/mol. The topological polar surface area (TPSA) is 24.9 Å². The first-order valence-electron chi connectivity index (χ1n) is 6.29. The molecule has 0 N–H and O–H groups in total. The van der Waals surface area contributed by atoms with E-state index in [0.29, 0.717) is 5.41 Å². The maximum absolute atomic E-state index is 5.37. The van der Waals surface area contributed by atoms with E-state index in [-0.39, 0.29) is 0 Å². The molecule has 0 unspecified atom stereocenters. The lowest BCUT2D eigenvalue weighted by Crippen LogP contribution is -2.72. The first kappa shape index (κ1) is 12.3. The molecule has 2 heterocycles. The van der Waals surface area contributed by atoms with E-state index in [4.69, 9.17) is 9.47 Å². The van der Waals surface area contributed by atoms with E-state index in [1.165, 1.54) is 26.2 Å². The summed E-state index contributed by atoms with van der Waals surface area (Å²) in [4.78, 5) is 4.99. The molecule has 2 fully saturated rings. The summed E-state index contributed by atoms with van der Waals surface area (Å²) in [6.07, 6.45) is 0. The van der Waals surface area contributed by atoms with Crippen LogP contribution in [0, 0.1) is 5.41 Å². The maximum atomic E-state index is 5.37. The number of hydrogen-bond acceptors (Lipinski definition) is 4. The van der Waals surface area contributed by atoms with E-state index in [0.717, 1.165) is 32.9 Å². The monoisotopic (exact) mass is 228 g/mol. The second-order valence-corrected chi connectivity index (χ2v) is 5.11. The van der Waals surface area contributed by atoms with E-state index in [2.05, 4.69) is 16.7 Å². The molecule has 0 bridgehead atoms. The van der Waals surface area contributed by atoms with Gasteiger partial charge in [0, 0.05) is 58.4 Å². The molecular formula is C12H24N2O2. The Hall–Kier alpha value is -0.160. The van der Waals surface area contributed by atoms with Gasteiger partial charge >= 0.3 is 0 Å². The minimum Gasteiger partial charge on any atom is -0.383 e. The van der Waals surface area contributed by atoms with Gasteiger partial charge in [-0.25, -0.2) is 0 Å². The summed E-state index contributed by atoms with van der Waals surface area (Å²) < 4.78 is 10.5. The van der Waals surface area contributed by atoms with Crippen molar-refractivity contribution in [3.05, 3.63) is 0 Å². The molecule has 0 atom stereocenters. The molecule has 0 aromatic heterocycles. The van der Waals surface area contributed by atoms with Crippen LogP contribution in [0.3, 0.4) is 0 Å². The van der Waals surface area contributed by atoms with Crippen LogP contribution in [0.15, 0.2) is 0 Å². The van der Waals surface area contributed by atoms with Gasteiger partial charge in [0.25, 0.3) is 0 Å². The lowest BCUT2D eigenvalue weighted by atomic mass is 9.73. The number of rotatable bonds is 7. The number of hydrogen-bond donors (Lipinski definition) is 0. The van der Waals surface area contributed by atoms with Crippen molar-refractivity contribution in [3.63, 3.8) is 0 Å². The highest BCUT2D eigenvalue weighted by Crippen LogP contribution is 2.38. The minimum absolute atomic E-state index is 0.625. The molecule has 1 spiro atoms. The van der Waals surface area contributed by atoms with Crippen LogP contribution in [0.4, 0.5) is 0 Å². The molecule has 2 aliphatic rings. The molecular weight excluding hydrogens is 204 g/mol. The fraction of sp³-hybridized carbons (Fsp3) is 1.00. The molecule has 4 heteroatoms. The van der Waals surface area contributed by atoms with Crippen molar-refractivity contribution in [1.82, 2.24) is 9.80 Å². The fourth-order valence-corrected chi connectivity index (χ4v) is 2.88. The number of methoxy groups -OCH3 is 1. The van der Waals surface area contributed by atoms with Gasteiger partial charge in [-0.05, 0) is 6.92 Å². The fourth-order valence-electron chi connectivity index (χ4n) is 2.88. The summed E-state index contributed by atoms with van der Waals surface area (Å²) in [6.45, 7) is 11.9. The molecule has 2 rings (SSSR count). The van der Waals surface area contributed by atoms with Gasteiger partial charge in [0.05, 0.1) is 13.2 Å². The van der Waals surface area contributed by atoms with Crippen molar-refractivity contribution in [2.75, 3.05) is 66.2 Å². The van der Waals surface area contributed by atoms with E-state index in [1.807, 2.05) is 0 Å². The quantitative estimate of drug-likeness (QED) is 0.585. The molecule has 0 aromatic rings. The summed E-state index contributed by atoms with van der Waals surface area (Å²) in [5.74, 6) is 0. The third kappa shape index (κ3) is 2.74. The van der Waals surface area contributed by atoms with E-state index >= 15 is 0 Å². The Morgan fingerprint density at radius 3 is 2.06 bits per heavy atom. The van der Waals surface area contributed by atoms with Gasteiger partial charge in [-0.15, -0.1) is 0 Å². The summed E-state index contributed by atoms with van der Waals surface area (Å²) in [6, 6.07) is 0. The first-order valence-corrected chi connectivity index (χ1v) is 6.29. The van der Waals surface area contributed by atoms with Gasteiger partial charge in [-0.2, -0.15) is 0 Å². The predicted molar refractivity (Wildman–Crippen MR) is 63.7 cm³/mol. The Kier molecular flexibility index (Phi) is 4.19. The van der Waals surface area contributed by atoms with Gasteiger partial charge in [0.1, 0.15) is 0 Å². The Bertz CT molecular complexity index is 209. The normalized spacial score (nSPS) is 24.4. The number of nitrogens with zero attached hydrogens (tertiary/aromatic N) is 2. The third-order valence-electron chi connectivity index (χ3n) is 3.60. The summed E-state index contributed by atoms with van der Waals surface area (Å²) in [5, 5.41) is 0. The predicted octanol–water partition coefficient (Wildman–Crippen LogP) is 0.287. The molecule has 0 radical (unpaired) electrons. The summed E-state index contributed by atoms with van der Waals surface area (Å²) in [7, 11) is 1.77. The van der Waals surface area contributed by atoms with E-state index in [9.17, 15) is 0 Å². The highest BCUT2D eigenvalue weighted by Gasteiger charge is 2.50. The van der Waals surface area contributed by atoms with Gasteiger partial charge in [0.15, 0.2) is 0 Å². The van der Waals surface area contributed by atoms with Crippen LogP contribution in [0.1, 0.15) is 6.92 Å². The largest absolute Gasteiger partial charge is 0.383 e. The lowest BCUT2D eigenvalue weighted by molar-refractivity contribution is -0.122. The number of ether oxygens (including phenoxy) is 2. The van der Waals surface area contributed by atoms with Crippen LogP contribution >= 0.6 is 0 Å². The molecule has 0 aliphatic carbocycles. The van der Waals surface area contributed by atoms with Crippen LogP contribution < -0.4 is 0 Å². The van der Waals surface area contributed by atoms with Crippen LogP contribution in [0.25, 0.3) is 0 Å². The van der Waals surface area contributed by atoms with Gasteiger partial charge in [0.2, 0.25) is 0 Å². The van der Waals surface area contributed by atoms with Crippen molar-refractivity contribution in [3.8, 4) is 0 Å². The first-order chi connectivity index (χ1) is 7.78. The third-order valence-corrected chi connectivity index (χ3v) is 3.60. The Morgan fingerprint density at radius 1 is 1.00 bits per heavy atom. The SMILES string of the molecule is CCOCCN1CC2(CN(CCOC)C2)C1.